The van der Waals surface area contributed by atoms with Crippen LogP contribution in [0.5, 0.6) is 0 Å². The highest BCUT2D eigenvalue weighted by atomic mass is 35.5. The van der Waals surface area contributed by atoms with E-state index in [1.807, 2.05) is 30.3 Å². The van der Waals surface area contributed by atoms with Gasteiger partial charge < -0.3 is 10.6 Å². The van der Waals surface area contributed by atoms with Crippen LogP contribution in [-0.2, 0) is 11.2 Å². The number of halogens is 1. The fraction of sp³-hybridized carbons (Fsp3) is 0.222. The van der Waals surface area contributed by atoms with Crippen LogP contribution in [0.1, 0.15) is 22.8 Å². The average Bonchev–Trinajstić information content (AvgIpc) is 2.55. The van der Waals surface area contributed by atoms with Crippen LogP contribution in [-0.4, -0.2) is 24.8 Å². The minimum Gasteiger partial charge on any atom is -0.376 e. The number of rotatable bonds is 7. The number of carbonyl (C=O) groups is 2. The fourth-order valence-corrected chi connectivity index (χ4v) is 2.22. The van der Waals surface area contributed by atoms with Crippen molar-refractivity contribution in [1.82, 2.24) is 5.32 Å². The van der Waals surface area contributed by atoms with Crippen LogP contribution < -0.4 is 10.6 Å². The van der Waals surface area contributed by atoms with Crippen molar-refractivity contribution in [3.63, 3.8) is 0 Å². The number of benzene rings is 2. The zero-order valence-electron chi connectivity index (χ0n) is 12.9. The van der Waals surface area contributed by atoms with Crippen LogP contribution >= 0.6 is 11.6 Å². The Hall–Kier alpha value is -2.33. The molecule has 0 aliphatic heterocycles. The molecule has 5 heteroatoms. The number of nitrogens with one attached hydrogen (secondary N) is 2. The number of Topliss-reactive ketones (excluding diaryl/α,β-unsaturated/α-hetero) is 1. The van der Waals surface area contributed by atoms with Gasteiger partial charge in [0.2, 0.25) is 5.91 Å². The standard InChI is InChI=1S/C18H19ClN2O2/c1-13(22)15-3-2-4-17(11-15)21-12-18(23)20-10-9-14-5-7-16(19)8-6-14/h2-8,11,21H,9-10,12H2,1H3,(H,20,23). The molecule has 2 rings (SSSR count). The molecule has 120 valence electrons. The summed E-state index contributed by atoms with van der Waals surface area (Å²) in [6.07, 6.45) is 0.753. The summed E-state index contributed by atoms with van der Waals surface area (Å²) in [4.78, 5) is 23.1. The Morgan fingerprint density at radius 3 is 2.52 bits per heavy atom. The Morgan fingerprint density at radius 1 is 1.09 bits per heavy atom. The SMILES string of the molecule is CC(=O)c1cccc(NCC(=O)NCCc2ccc(Cl)cc2)c1. The van der Waals surface area contributed by atoms with Gasteiger partial charge in [-0.3, -0.25) is 9.59 Å². The Labute approximate surface area is 140 Å². The Balaban J connectivity index is 1.73. The summed E-state index contributed by atoms with van der Waals surface area (Å²) < 4.78 is 0. The molecule has 1 amide bonds. The summed E-state index contributed by atoms with van der Waals surface area (Å²) >= 11 is 5.83. The predicted molar refractivity (Wildman–Crippen MR) is 93.1 cm³/mol. The third kappa shape index (κ3) is 5.75. The maximum atomic E-state index is 11.8. The van der Waals surface area contributed by atoms with Crippen molar-refractivity contribution < 1.29 is 9.59 Å². The van der Waals surface area contributed by atoms with E-state index >= 15 is 0 Å². The van der Waals surface area contributed by atoms with E-state index in [0.717, 1.165) is 17.7 Å². The van der Waals surface area contributed by atoms with E-state index in [2.05, 4.69) is 10.6 Å². The normalized spacial score (nSPS) is 10.2. The van der Waals surface area contributed by atoms with Crippen LogP contribution in [0.15, 0.2) is 48.5 Å². The number of ketones is 1. The van der Waals surface area contributed by atoms with Gasteiger partial charge in [0.05, 0.1) is 6.54 Å². The van der Waals surface area contributed by atoms with Gasteiger partial charge in [0.15, 0.2) is 5.78 Å². The van der Waals surface area contributed by atoms with Gasteiger partial charge in [-0.15, -0.1) is 0 Å². The van der Waals surface area contributed by atoms with E-state index in [1.54, 1.807) is 18.2 Å². The molecule has 4 nitrogen and oxygen atoms in total. The fourth-order valence-electron chi connectivity index (χ4n) is 2.09. The first-order valence-electron chi connectivity index (χ1n) is 7.40. The third-order valence-electron chi connectivity index (χ3n) is 3.37. The van der Waals surface area contributed by atoms with Crippen molar-refractivity contribution in [1.29, 1.82) is 0 Å². The van der Waals surface area contributed by atoms with Crippen LogP contribution in [0.2, 0.25) is 5.02 Å². The highest BCUT2D eigenvalue weighted by Crippen LogP contribution is 2.11. The molecular formula is C18H19ClN2O2. The van der Waals surface area contributed by atoms with Crippen molar-refractivity contribution in [2.45, 2.75) is 13.3 Å². The Morgan fingerprint density at radius 2 is 1.83 bits per heavy atom. The van der Waals surface area contributed by atoms with Crippen LogP contribution in [0, 0.1) is 0 Å². The molecule has 2 aromatic rings. The third-order valence-corrected chi connectivity index (χ3v) is 3.62. The van der Waals surface area contributed by atoms with Gasteiger partial charge in [0.1, 0.15) is 0 Å². The Kier molecular flexibility index (Phi) is 6.18. The molecule has 0 aliphatic rings. The second-order valence-electron chi connectivity index (χ2n) is 5.22. The first kappa shape index (κ1) is 17.0. The van der Waals surface area contributed by atoms with Crippen molar-refractivity contribution >= 4 is 29.0 Å². The summed E-state index contributed by atoms with van der Waals surface area (Å²) in [6.45, 7) is 2.25. The maximum Gasteiger partial charge on any atom is 0.239 e. The molecule has 0 radical (unpaired) electrons. The molecule has 0 spiro atoms. The van der Waals surface area contributed by atoms with E-state index < -0.39 is 0 Å². The summed E-state index contributed by atoms with van der Waals surface area (Å²) in [5.41, 5.74) is 2.50. The van der Waals surface area contributed by atoms with Crippen molar-refractivity contribution in [2.24, 2.45) is 0 Å². The lowest BCUT2D eigenvalue weighted by atomic mass is 10.1. The van der Waals surface area contributed by atoms with E-state index in [1.165, 1.54) is 6.92 Å². The molecule has 0 aromatic heterocycles. The molecule has 0 unspecified atom stereocenters. The van der Waals surface area contributed by atoms with Gasteiger partial charge in [0.25, 0.3) is 0 Å². The first-order valence-corrected chi connectivity index (χ1v) is 7.78. The molecule has 0 saturated carbocycles. The quantitative estimate of drug-likeness (QED) is 0.766. The zero-order chi connectivity index (χ0) is 16.7. The first-order chi connectivity index (χ1) is 11.0. The summed E-state index contributed by atoms with van der Waals surface area (Å²) in [6, 6.07) is 14.7. The van der Waals surface area contributed by atoms with Crippen molar-refractivity contribution in [3.8, 4) is 0 Å². The summed E-state index contributed by atoms with van der Waals surface area (Å²) in [7, 11) is 0. The minimum absolute atomic E-state index is 0.000987. The zero-order valence-corrected chi connectivity index (χ0v) is 13.7. The summed E-state index contributed by atoms with van der Waals surface area (Å²) in [5, 5.41) is 6.57. The molecule has 0 fully saturated rings. The molecule has 0 saturated heterocycles. The molecule has 0 aliphatic carbocycles. The molecule has 23 heavy (non-hydrogen) atoms. The lowest BCUT2D eigenvalue weighted by Gasteiger charge is -2.09. The minimum atomic E-state index is -0.0906. The van der Waals surface area contributed by atoms with Gasteiger partial charge in [-0.1, -0.05) is 35.9 Å². The highest BCUT2D eigenvalue weighted by Gasteiger charge is 2.03. The molecular weight excluding hydrogens is 312 g/mol. The van der Waals surface area contributed by atoms with Crippen molar-refractivity contribution in [3.05, 3.63) is 64.7 Å². The van der Waals surface area contributed by atoms with Gasteiger partial charge in [0, 0.05) is 22.8 Å². The molecule has 0 heterocycles. The van der Waals surface area contributed by atoms with Gasteiger partial charge in [-0.05, 0) is 43.2 Å². The van der Waals surface area contributed by atoms with Crippen LogP contribution in [0.4, 0.5) is 5.69 Å². The van der Waals surface area contributed by atoms with E-state index in [-0.39, 0.29) is 18.2 Å². The number of hydrogen-bond donors (Lipinski definition) is 2. The lowest BCUT2D eigenvalue weighted by molar-refractivity contribution is -0.119. The second kappa shape index (κ2) is 8.34. The van der Waals surface area contributed by atoms with Gasteiger partial charge in [-0.2, -0.15) is 0 Å². The monoisotopic (exact) mass is 330 g/mol. The average molecular weight is 331 g/mol. The molecule has 0 atom stereocenters. The van der Waals surface area contributed by atoms with E-state index in [4.69, 9.17) is 11.6 Å². The maximum absolute atomic E-state index is 11.8. The van der Waals surface area contributed by atoms with Crippen molar-refractivity contribution in [2.75, 3.05) is 18.4 Å². The lowest BCUT2D eigenvalue weighted by Crippen LogP contribution is -2.31. The van der Waals surface area contributed by atoms with Crippen LogP contribution in [0.3, 0.4) is 0 Å². The van der Waals surface area contributed by atoms with E-state index in [9.17, 15) is 9.59 Å². The smallest absolute Gasteiger partial charge is 0.239 e. The van der Waals surface area contributed by atoms with Crippen LogP contribution in [0.25, 0.3) is 0 Å². The Bertz CT molecular complexity index is 684. The highest BCUT2D eigenvalue weighted by molar-refractivity contribution is 6.30. The topological polar surface area (TPSA) is 58.2 Å². The number of carbonyl (C=O) groups excluding carboxylic acids is 2. The van der Waals surface area contributed by atoms with Gasteiger partial charge >= 0.3 is 0 Å². The largest absolute Gasteiger partial charge is 0.376 e. The molecule has 0 bridgehead atoms. The predicted octanol–water partition coefficient (Wildman–Crippen LogP) is 3.31. The number of hydrogen-bond acceptors (Lipinski definition) is 3. The molecule has 2 aromatic carbocycles. The number of anilines is 1. The summed E-state index contributed by atoms with van der Waals surface area (Å²) in [5.74, 6) is -0.0896. The van der Waals surface area contributed by atoms with E-state index in [0.29, 0.717) is 17.1 Å². The molecule has 2 N–H and O–H groups in total. The van der Waals surface area contributed by atoms with Gasteiger partial charge in [-0.25, -0.2) is 0 Å². The number of amides is 1. The second-order valence-corrected chi connectivity index (χ2v) is 5.65.